The summed E-state index contributed by atoms with van der Waals surface area (Å²) in [6.07, 6.45) is 11.2. The van der Waals surface area contributed by atoms with E-state index >= 15 is 0 Å². The molecule has 1 fully saturated rings. The smallest absolute Gasteiger partial charge is 0.0608 e. The molecule has 0 heterocycles. The molecule has 3 atom stereocenters. The van der Waals surface area contributed by atoms with Gasteiger partial charge in [0.15, 0.2) is 0 Å². The number of hydrogen-bond acceptors (Lipinski definition) is 1. The van der Waals surface area contributed by atoms with E-state index in [1.54, 1.807) is 0 Å². The first-order chi connectivity index (χ1) is 6.29. The van der Waals surface area contributed by atoms with Crippen molar-refractivity contribution in [1.82, 2.24) is 0 Å². The van der Waals surface area contributed by atoms with Gasteiger partial charge >= 0.3 is 0 Å². The first-order valence-corrected chi connectivity index (χ1v) is 5.30. The molecule has 0 aliphatic heterocycles. The van der Waals surface area contributed by atoms with Crippen molar-refractivity contribution in [2.24, 2.45) is 11.8 Å². The summed E-state index contributed by atoms with van der Waals surface area (Å²) >= 11 is 0. The molecule has 72 valence electrons. The molecule has 2 aliphatic carbocycles. The molecule has 0 saturated heterocycles. The summed E-state index contributed by atoms with van der Waals surface area (Å²) < 4.78 is 0. The number of aliphatic hydroxyl groups excluding tert-OH is 1. The van der Waals surface area contributed by atoms with Gasteiger partial charge in [0.05, 0.1) is 6.10 Å². The van der Waals surface area contributed by atoms with Crippen molar-refractivity contribution in [3.63, 3.8) is 0 Å². The Morgan fingerprint density at radius 2 is 2.15 bits per heavy atom. The number of allylic oxidation sites excluding steroid dienone is 3. The third kappa shape index (κ3) is 1.71. The highest BCUT2D eigenvalue weighted by Gasteiger charge is 2.33. The van der Waals surface area contributed by atoms with E-state index in [4.69, 9.17) is 0 Å². The fourth-order valence-corrected chi connectivity index (χ4v) is 2.61. The molecule has 0 aromatic carbocycles. The van der Waals surface area contributed by atoms with Gasteiger partial charge in [0.2, 0.25) is 0 Å². The van der Waals surface area contributed by atoms with Crippen LogP contribution in [0.2, 0.25) is 0 Å². The van der Waals surface area contributed by atoms with Gasteiger partial charge in [-0.15, -0.1) is 0 Å². The molecule has 0 aromatic heterocycles. The third-order valence-corrected chi connectivity index (χ3v) is 3.43. The topological polar surface area (TPSA) is 20.2 Å². The van der Waals surface area contributed by atoms with E-state index in [1.807, 2.05) is 0 Å². The standard InChI is InChI=1S/C12H18O/c1-9-5-3-2-4-6-11-10(9)7-8-12(11)13/h4-6,10-13H,2-3,7-8H2,1H3/b6-4-,9-5-/t10-,11+,12-/m1/s1. The second-order valence-corrected chi connectivity index (χ2v) is 4.28. The fourth-order valence-electron chi connectivity index (χ4n) is 2.61. The van der Waals surface area contributed by atoms with Crippen molar-refractivity contribution in [3.05, 3.63) is 23.8 Å². The lowest BCUT2D eigenvalue weighted by Gasteiger charge is -2.21. The molecule has 0 radical (unpaired) electrons. The quantitative estimate of drug-likeness (QED) is 0.565. The van der Waals surface area contributed by atoms with Crippen LogP contribution in [0.5, 0.6) is 0 Å². The Balaban J connectivity index is 2.21. The maximum atomic E-state index is 9.78. The van der Waals surface area contributed by atoms with Crippen LogP contribution in [-0.4, -0.2) is 11.2 Å². The van der Waals surface area contributed by atoms with Gasteiger partial charge in [0.1, 0.15) is 0 Å². The summed E-state index contributed by atoms with van der Waals surface area (Å²) in [6, 6.07) is 0. The molecule has 0 unspecified atom stereocenters. The van der Waals surface area contributed by atoms with Gasteiger partial charge in [-0.05, 0) is 38.5 Å². The van der Waals surface area contributed by atoms with Crippen molar-refractivity contribution in [1.29, 1.82) is 0 Å². The van der Waals surface area contributed by atoms with E-state index in [1.165, 1.54) is 18.4 Å². The summed E-state index contributed by atoms with van der Waals surface area (Å²) in [5, 5.41) is 9.78. The average molecular weight is 178 g/mol. The van der Waals surface area contributed by atoms with Crippen molar-refractivity contribution in [2.75, 3.05) is 0 Å². The van der Waals surface area contributed by atoms with E-state index < -0.39 is 0 Å². The van der Waals surface area contributed by atoms with Crippen LogP contribution in [0.15, 0.2) is 23.8 Å². The lowest BCUT2D eigenvalue weighted by atomic mass is 9.86. The molecule has 0 bridgehead atoms. The summed E-state index contributed by atoms with van der Waals surface area (Å²) in [4.78, 5) is 0. The molecule has 2 aliphatic rings. The van der Waals surface area contributed by atoms with E-state index in [2.05, 4.69) is 25.2 Å². The second-order valence-electron chi connectivity index (χ2n) is 4.28. The number of hydrogen-bond donors (Lipinski definition) is 1. The molecular weight excluding hydrogens is 160 g/mol. The predicted octanol–water partition coefficient (Wildman–Crippen LogP) is 2.67. The summed E-state index contributed by atoms with van der Waals surface area (Å²) in [5.41, 5.74) is 1.49. The highest BCUT2D eigenvalue weighted by Crippen LogP contribution is 2.38. The lowest BCUT2D eigenvalue weighted by Crippen LogP contribution is -2.18. The summed E-state index contributed by atoms with van der Waals surface area (Å²) in [5.74, 6) is 1.02. The summed E-state index contributed by atoms with van der Waals surface area (Å²) in [6.45, 7) is 2.22. The molecule has 1 nitrogen and oxygen atoms in total. The minimum atomic E-state index is -0.0947. The van der Waals surface area contributed by atoms with E-state index in [9.17, 15) is 5.11 Å². The van der Waals surface area contributed by atoms with E-state index in [-0.39, 0.29) is 6.10 Å². The minimum absolute atomic E-state index is 0.0947. The van der Waals surface area contributed by atoms with Crippen LogP contribution in [0, 0.1) is 11.8 Å². The third-order valence-electron chi connectivity index (χ3n) is 3.43. The van der Waals surface area contributed by atoms with Crippen LogP contribution in [-0.2, 0) is 0 Å². The second kappa shape index (κ2) is 3.67. The van der Waals surface area contributed by atoms with Gasteiger partial charge < -0.3 is 5.11 Å². The largest absolute Gasteiger partial charge is 0.392 e. The van der Waals surface area contributed by atoms with Gasteiger partial charge in [-0.3, -0.25) is 0 Å². The zero-order valence-corrected chi connectivity index (χ0v) is 8.24. The van der Waals surface area contributed by atoms with Crippen molar-refractivity contribution in [3.8, 4) is 0 Å². The number of aliphatic hydroxyl groups is 1. The molecule has 1 heteroatoms. The maximum Gasteiger partial charge on any atom is 0.0608 e. The minimum Gasteiger partial charge on any atom is -0.392 e. The summed E-state index contributed by atoms with van der Waals surface area (Å²) in [7, 11) is 0. The Hall–Kier alpha value is -0.560. The zero-order valence-electron chi connectivity index (χ0n) is 8.24. The molecule has 1 saturated carbocycles. The molecule has 13 heavy (non-hydrogen) atoms. The van der Waals surface area contributed by atoms with Crippen LogP contribution in [0.4, 0.5) is 0 Å². The Bertz CT molecular complexity index is 240. The Morgan fingerprint density at radius 1 is 1.31 bits per heavy atom. The molecule has 1 N–H and O–H groups in total. The van der Waals surface area contributed by atoms with Crippen molar-refractivity contribution < 1.29 is 5.11 Å². The molecule has 2 rings (SSSR count). The molecule has 0 amide bonds. The molecular formula is C12H18O. The van der Waals surface area contributed by atoms with Crippen molar-refractivity contribution >= 4 is 0 Å². The number of rotatable bonds is 0. The normalized spacial score (nSPS) is 45.7. The van der Waals surface area contributed by atoms with Gasteiger partial charge in [0.25, 0.3) is 0 Å². The first kappa shape index (κ1) is 9.01. The van der Waals surface area contributed by atoms with Crippen LogP contribution in [0.1, 0.15) is 32.6 Å². The average Bonchev–Trinajstić information content (AvgIpc) is 2.43. The Morgan fingerprint density at radius 3 is 3.00 bits per heavy atom. The van der Waals surface area contributed by atoms with Crippen molar-refractivity contribution in [2.45, 2.75) is 38.7 Å². The van der Waals surface area contributed by atoms with Gasteiger partial charge in [0, 0.05) is 5.92 Å². The van der Waals surface area contributed by atoms with Gasteiger partial charge in [-0.1, -0.05) is 23.8 Å². The molecule has 0 spiro atoms. The van der Waals surface area contributed by atoms with E-state index in [0.29, 0.717) is 11.8 Å². The predicted molar refractivity (Wildman–Crippen MR) is 54.4 cm³/mol. The SMILES string of the molecule is C/C1=C/CC/C=C\[C@@H]2[C@H](O)CC[C@H]12. The highest BCUT2D eigenvalue weighted by molar-refractivity contribution is 5.15. The van der Waals surface area contributed by atoms with Crippen LogP contribution in [0.3, 0.4) is 0 Å². The van der Waals surface area contributed by atoms with Gasteiger partial charge in [-0.25, -0.2) is 0 Å². The Kier molecular flexibility index (Phi) is 2.54. The monoisotopic (exact) mass is 178 g/mol. The van der Waals surface area contributed by atoms with Gasteiger partial charge in [-0.2, -0.15) is 0 Å². The lowest BCUT2D eigenvalue weighted by molar-refractivity contribution is 0.145. The van der Waals surface area contributed by atoms with Crippen LogP contribution in [0.25, 0.3) is 0 Å². The van der Waals surface area contributed by atoms with Crippen LogP contribution >= 0.6 is 0 Å². The molecule has 0 aromatic rings. The zero-order chi connectivity index (χ0) is 9.26. The van der Waals surface area contributed by atoms with E-state index in [0.717, 1.165) is 12.8 Å². The van der Waals surface area contributed by atoms with Crippen LogP contribution < -0.4 is 0 Å². The maximum absolute atomic E-state index is 9.78. The Labute approximate surface area is 80.2 Å². The number of fused-ring (bicyclic) bond motifs is 1. The first-order valence-electron chi connectivity index (χ1n) is 5.30. The fraction of sp³-hybridized carbons (Fsp3) is 0.667. The highest BCUT2D eigenvalue weighted by atomic mass is 16.3.